The Morgan fingerprint density at radius 3 is 2.62 bits per heavy atom. The summed E-state index contributed by atoms with van der Waals surface area (Å²) in [5.74, 6) is -1.08. The Kier molecular flexibility index (Phi) is 5.44. The highest BCUT2D eigenvalue weighted by molar-refractivity contribution is 7.86. The lowest BCUT2D eigenvalue weighted by Gasteiger charge is -2.27. The fourth-order valence-electron chi connectivity index (χ4n) is 3.51. The molecule has 138 valence electrons. The number of carboxylic acid groups (broad SMARTS) is 1. The van der Waals surface area contributed by atoms with Gasteiger partial charge in [-0.15, -0.1) is 0 Å². The van der Waals surface area contributed by atoms with E-state index in [2.05, 4.69) is 0 Å². The summed E-state index contributed by atoms with van der Waals surface area (Å²) in [4.78, 5) is 11.4. The molecule has 2 aromatic rings. The van der Waals surface area contributed by atoms with Crippen molar-refractivity contribution < 1.29 is 22.5 Å². The van der Waals surface area contributed by atoms with E-state index in [-0.39, 0.29) is 23.0 Å². The van der Waals surface area contributed by atoms with Gasteiger partial charge in [0.15, 0.2) is 0 Å². The summed E-state index contributed by atoms with van der Waals surface area (Å²) in [5.41, 5.74) is 2.99. The van der Waals surface area contributed by atoms with Gasteiger partial charge in [0, 0.05) is 5.56 Å². The van der Waals surface area contributed by atoms with Crippen LogP contribution in [0.2, 0.25) is 0 Å². The largest absolute Gasteiger partial charge is 0.545 e. The zero-order valence-electron chi connectivity index (χ0n) is 14.6. The average Bonchev–Trinajstić information content (AvgIpc) is 2.61. The number of aromatic carboxylic acids is 1. The molecule has 1 aliphatic carbocycles. The molecule has 1 atom stereocenters. The normalized spacial score (nSPS) is 16.9. The average molecular weight is 373 g/mol. The van der Waals surface area contributed by atoms with Gasteiger partial charge in [0.2, 0.25) is 0 Å². The number of hydrogen-bond acceptors (Lipinski definition) is 5. The Morgan fingerprint density at radius 2 is 1.92 bits per heavy atom. The van der Waals surface area contributed by atoms with Gasteiger partial charge in [-0.05, 0) is 61.8 Å². The first-order chi connectivity index (χ1) is 12.4. The van der Waals surface area contributed by atoms with Crippen molar-refractivity contribution in [2.45, 2.75) is 43.4 Å². The molecule has 6 heteroatoms. The Labute approximate surface area is 153 Å². The molecule has 0 aromatic heterocycles. The zero-order valence-corrected chi connectivity index (χ0v) is 15.4. The number of aryl methyl sites for hydroxylation is 1. The number of rotatable bonds is 6. The lowest BCUT2D eigenvalue weighted by atomic mass is 9.79. The van der Waals surface area contributed by atoms with Gasteiger partial charge in [-0.25, -0.2) is 0 Å². The van der Waals surface area contributed by atoms with Crippen LogP contribution in [0, 0.1) is 6.92 Å². The Bertz CT molecular complexity index is 900. The van der Waals surface area contributed by atoms with Gasteiger partial charge in [-0.2, -0.15) is 8.42 Å². The molecule has 0 amide bonds. The third kappa shape index (κ3) is 3.97. The SMILES string of the molecule is Cc1ccc(S(=O)(=O)OCCC2CCCc3c(C(=O)[O-])cccc32)cc1. The predicted molar refractivity (Wildman–Crippen MR) is 95.4 cm³/mol. The maximum atomic E-state index is 12.3. The van der Waals surface area contributed by atoms with E-state index in [9.17, 15) is 18.3 Å². The highest BCUT2D eigenvalue weighted by Crippen LogP contribution is 2.35. The van der Waals surface area contributed by atoms with Crippen LogP contribution >= 0.6 is 0 Å². The van der Waals surface area contributed by atoms with Crippen molar-refractivity contribution in [3.8, 4) is 0 Å². The number of carbonyl (C=O) groups excluding carboxylic acids is 1. The molecule has 0 saturated heterocycles. The van der Waals surface area contributed by atoms with Crippen molar-refractivity contribution in [3.63, 3.8) is 0 Å². The third-order valence-electron chi connectivity index (χ3n) is 4.87. The first kappa shape index (κ1) is 18.6. The molecule has 26 heavy (non-hydrogen) atoms. The van der Waals surface area contributed by atoms with Gasteiger partial charge in [-0.3, -0.25) is 4.18 Å². The minimum absolute atomic E-state index is 0.0653. The summed E-state index contributed by atoms with van der Waals surface area (Å²) in [6.45, 7) is 1.95. The van der Waals surface area contributed by atoms with E-state index < -0.39 is 16.1 Å². The lowest BCUT2D eigenvalue weighted by Crippen LogP contribution is -2.26. The smallest absolute Gasteiger partial charge is 0.296 e. The van der Waals surface area contributed by atoms with Crippen LogP contribution in [0.1, 0.15) is 52.2 Å². The van der Waals surface area contributed by atoms with Gasteiger partial charge in [0.25, 0.3) is 10.1 Å². The number of carbonyl (C=O) groups is 1. The van der Waals surface area contributed by atoms with Gasteiger partial charge in [0.05, 0.1) is 17.5 Å². The molecule has 3 rings (SSSR count). The maximum Gasteiger partial charge on any atom is 0.296 e. The van der Waals surface area contributed by atoms with E-state index in [1.165, 1.54) is 12.1 Å². The van der Waals surface area contributed by atoms with Crippen LogP contribution in [-0.2, 0) is 20.7 Å². The summed E-state index contributed by atoms with van der Waals surface area (Å²) >= 11 is 0. The first-order valence-corrected chi connectivity index (χ1v) is 10.1. The van der Waals surface area contributed by atoms with Crippen LogP contribution in [0.5, 0.6) is 0 Å². The summed E-state index contributed by atoms with van der Waals surface area (Å²) in [6, 6.07) is 11.7. The van der Waals surface area contributed by atoms with Crippen LogP contribution < -0.4 is 5.11 Å². The Hall–Kier alpha value is -2.18. The van der Waals surface area contributed by atoms with Gasteiger partial charge >= 0.3 is 0 Å². The lowest BCUT2D eigenvalue weighted by molar-refractivity contribution is -0.255. The first-order valence-electron chi connectivity index (χ1n) is 8.68. The van der Waals surface area contributed by atoms with Gasteiger partial charge in [0.1, 0.15) is 0 Å². The zero-order chi connectivity index (χ0) is 18.7. The van der Waals surface area contributed by atoms with Crippen molar-refractivity contribution in [3.05, 3.63) is 64.7 Å². The molecule has 0 bridgehead atoms. The molecule has 2 aromatic carbocycles. The highest BCUT2D eigenvalue weighted by atomic mass is 32.2. The van der Waals surface area contributed by atoms with Crippen LogP contribution in [0.25, 0.3) is 0 Å². The second kappa shape index (κ2) is 7.60. The molecule has 0 saturated carbocycles. The molecule has 0 spiro atoms. The molecule has 0 aliphatic heterocycles. The van der Waals surface area contributed by atoms with Crippen LogP contribution in [0.4, 0.5) is 0 Å². The minimum Gasteiger partial charge on any atom is -0.545 e. The molecule has 0 heterocycles. The maximum absolute atomic E-state index is 12.3. The van der Waals surface area contributed by atoms with E-state index in [4.69, 9.17) is 4.18 Å². The van der Waals surface area contributed by atoms with Crippen LogP contribution in [-0.4, -0.2) is 21.0 Å². The second-order valence-electron chi connectivity index (χ2n) is 6.63. The van der Waals surface area contributed by atoms with E-state index in [0.717, 1.165) is 29.5 Å². The van der Waals surface area contributed by atoms with E-state index in [1.54, 1.807) is 24.3 Å². The van der Waals surface area contributed by atoms with Crippen molar-refractivity contribution >= 4 is 16.1 Å². The molecule has 0 radical (unpaired) electrons. The Morgan fingerprint density at radius 1 is 1.19 bits per heavy atom. The molecule has 0 N–H and O–H groups in total. The summed E-state index contributed by atoms with van der Waals surface area (Å²) in [6.07, 6.45) is 2.98. The van der Waals surface area contributed by atoms with E-state index in [0.29, 0.717) is 12.8 Å². The van der Waals surface area contributed by atoms with Gasteiger partial charge < -0.3 is 9.90 Å². The standard InChI is InChI=1S/C20H22O5S/c1-14-8-10-16(11-9-14)26(23,24)25-13-12-15-4-2-6-18-17(15)5-3-7-19(18)20(21)22/h3,5,7-11,15H,2,4,6,12-13H2,1H3,(H,21,22)/p-1. The topological polar surface area (TPSA) is 83.5 Å². The summed E-state index contributed by atoms with van der Waals surface area (Å²) in [5, 5.41) is 11.3. The molecule has 1 aliphatic rings. The number of carboxylic acids is 1. The molecular formula is C20H21O5S-. The van der Waals surface area contributed by atoms with Crippen molar-refractivity contribution in [1.82, 2.24) is 0 Å². The Balaban J connectivity index is 1.69. The molecular weight excluding hydrogens is 352 g/mol. The summed E-state index contributed by atoms with van der Waals surface area (Å²) < 4.78 is 29.7. The predicted octanol–water partition coefficient (Wildman–Crippen LogP) is 2.57. The second-order valence-corrected chi connectivity index (χ2v) is 8.24. The molecule has 5 nitrogen and oxygen atoms in total. The highest BCUT2D eigenvalue weighted by Gasteiger charge is 2.23. The monoisotopic (exact) mass is 373 g/mol. The van der Waals surface area contributed by atoms with Crippen LogP contribution in [0.15, 0.2) is 47.4 Å². The van der Waals surface area contributed by atoms with Crippen molar-refractivity contribution in [2.24, 2.45) is 0 Å². The number of fused-ring (bicyclic) bond motifs is 1. The van der Waals surface area contributed by atoms with E-state index in [1.807, 2.05) is 13.0 Å². The fraction of sp³-hybridized carbons (Fsp3) is 0.350. The number of hydrogen-bond donors (Lipinski definition) is 0. The minimum atomic E-state index is -3.78. The van der Waals surface area contributed by atoms with E-state index >= 15 is 0 Å². The fourth-order valence-corrected chi connectivity index (χ4v) is 4.43. The van der Waals surface area contributed by atoms with Gasteiger partial charge in [-0.1, -0.05) is 35.9 Å². The van der Waals surface area contributed by atoms with Crippen molar-refractivity contribution in [1.29, 1.82) is 0 Å². The molecule has 1 unspecified atom stereocenters. The summed E-state index contributed by atoms with van der Waals surface area (Å²) in [7, 11) is -3.78. The molecule has 0 fully saturated rings. The van der Waals surface area contributed by atoms with Crippen LogP contribution in [0.3, 0.4) is 0 Å². The quantitative estimate of drug-likeness (QED) is 0.727. The third-order valence-corrected chi connectivity index (χ3v) is 6.19. The van der Waals surface area contributed by atoms with Crippen molar-refractivity contribution in [2.75, 3.05) is 6.61 Å². The number of benzene rings is 2.